The maximum Gasteiger partial charge on any atom is 0.145 e. The Balaban J connectivity index is 2.18. The minimum atomic E-state index is -0.208. The maximum absolute atomic E-state index is 13.2. The predicted octanol–water partition coefficient (Wildman–Crippen LogP) is 2.43. The summed E-state index contributed by atoms with van der Waals surface area (Å²) in [5.74, 6) is 0.453. The molecule has 0 radical (unpaired) electrons. The fraction of sp³-hybridized carbons (Fsp3) is 0.214. The van der Waals surface area contributed by atoms with Crippen LogP contribution < -0.4 is 4.90 Å². The van der Waals surface area contributed by atoms with Crippen molar-refractivity contribution in [3.8, 4) is 6.07 Å². The van der Waals surface area contributed by atoms with Crippen LogP contribution in [0, 0.1) is 24.1 Å². The topological polar surface area (TPSA) is 52.8 Å². The van der Waals surface area contributed by atoms with E-state index in [2.05, 4.69) is 9.97 Å². The largest absolute Gasteiger partial charge is 0.355 e. The van der Waals surface area contributed by atoms with E-state index >= 15 is 0 Å². The highest BCUT2D eigenvalue weighted by atomic mass is 19.1. The van der Waals surface area contributed by atoms with Crippen LogP contribution in [0.1, 0.15) is 16.8 Å². The van der Waals surface area contributed by atoms with Gasteiger partial charge in [-0.25, -0.2) is 14.4 Å². The molecule has 0 saturated carbocycles. The molecule has 0 aliphatic rings. The third-order valence-electron chi connectivity index (χ3n) is 2.80. The van der Waals surface area contributed by atoms with Gasteiger partial charge in [-0.1, -0.05) is 12.1 Å². The molecule has 0 unspecified atom stereocenters. The molecular weight excluding hydrogens is 243 g/mol. The normalized spacial score (nSPS) is 10.0. The van der Waals surface area contributed by atoms with Crippen molar-refractivity contribution in [2.45, 2.75) is 13.5 Å². The lowest BCUT2D eigenvalue weighted by molar-refractivity contribution is 0.617. The standard InChI is InChI=1S/C14H13FN4/c1-10-5-11(3-4-13(10)15)8-19(2)14-6-12(7-16)17-9-18-14/h3-6,9H,8H2,1-2H3. The zero-order valence-electron chi connectivity index (χ0n) is 10.8. The summed E-state index contributed by atoms with van der Waals surface area (Å²) in [6.07, 6.45) is 1.36. The summed E-state index contributed by atoms with van der Waals surface area (Å²) in [5.41, 5.74) is 1.93. The third kappa shape index (κ3) is 3.05. The van der Waals surface area contributed by atoms with Crippen LogP contribution in [0.3, 0.4) is 0 Å². The first-order valence-electron chi connectivity index (χ1n) is 5.78. The minimum absolute atomic E-state index is 0.208. The summed E-state index contributed by atoms with van der Waals surface area (Å²) in [7, 11) is 1.86. The second kappa shape index (κ2) is 5.44. The van der Waals surface area contributed by atoms with Crippen molar-refractivity contribution in [2.24, 2.45) is 0 Å². The number of rotatable bonds is 3. The fourth-order valence-electron chi connectivity index (χ4n) is 1.78. The maximum atomic E-state index is 13.2. The highest BCUT2D eigenvalue weighted by molar-refractivity contribution is 5.42. The van der Waals surface area contributed by atoms with Crippen LogP contribution in [0.15, 0.2) is 30.6 Å². The van der Waals surface area contributed by atoms with Gasteiger partial charge in [-0.05, 0) is 24.1 Å². The van der Waals surface area contributed by atoms with Gasteiger partial charge in [-0.2, -0.15) is 5.26 Å². The zero-order valence-corrected chi connectivity index (χ0v) is 10.8. The molecule has 0 saturated heterocycles. The van der Waals surface area contributed by atoms with Gasteiger partial charge in [-0.15, -0.1) is 0 Å². The Morgan fingerprint density at radius 2 is 2.11 bits per heavy atom. The van der Waals surface area contributed by atoms with Crippen LogP contribution >= 0.6 is 0 Å². The fourth-order valence-corrected chi connectivity index (χ4v) is 1.78. The van der Waals surface area contributed by atoms with Crippen molar-refractivity contribution in [1.82, 2.24) is 9.97 Å². The summed E-state index contributed by atoms with van der Waals surface area (Å²) < 4.78 is 13.2. The Labute approximate surface area is 111 Å². The SMILES string of the molecule is Cc1cc(CN(C)c2cc(C#N)ncn2)ccc1F. The lowest BCUT2D eigenvalue weighted by Gasteiger charge is -2.18. The van der Waals surface area contributed by atoms with E-state index in [1.807, 2.05) is 18.0 Å². The molecule has 2 aromatic rings. The van der Waals surface area contributed by atoms with Crippen LogP contribution in [-0.2, 0) is 6.54 Å². The second-order valence-corrected chi connectivity index (χ2v) is 4.31. The molecular formula is C14H13FN4. The lowest BCUT2D eigenvalue weighted by atomic mass is 10.1. The molecule has 1 heterocycles. The van der Waals surface area contributed by atoms with Gasteiger partial charge in [0, 0.05) is 19.7 Å². The number of aryl methyl sites for hydroxylation is 1. The van der Waals surface area contributed by atoms with Crippen molar-refractivity contribution < 1.29 is 4.39 Å². The average molecular weight is 256 g/mol. The Morgan fingerprint density at radius 1 is 1.32 bits per heavy atom. The molecule has 1 aromatic carbocycles. The molecule has 0 aliphatic heterocycles. The molecule has 0 bridgehead atoms. The summed E-state index contributed by atoms with van der Waals surface area (Å²) in [6, 6.07) is 8.60. The molecule has 19 heavy (non-hydrogen) atoms. The highest BCUT2D eigenvalue weighted by Gasteiger charge is 2.06. The summed E-state index contributed by atoms with van der Waals surface area (Å²) in [6.45, 7) is 2.32. The van der Waals surface area contributed by atoms with Gasteiger partial charge < -0.3 is 4.90 Å². The Hall–Kier alpha value is -2.48. The lowest BCUT2D eigenvalue weighted by Crippen LogP contribution is -2.18. The molecule has 4 nitrogen and oxygen atoms in total. The van der Waals surface area contributed by atoms with Gasteiger partial charge in [0.25, 0.3) is 0 Å². The minimum Gasteiger partial charge on any atom is -0.355 e. The number of hydrogen-bond acceptors (Lipinski definition) is 4. The van der Waals surface area contributed by atoms with Gasteiger partial charge in [0.1, 0.15) is 29.7 Å². The van der Waals surface area contributed by atoms with Crippen LogP contribution in [0.4, 0.5) is 10.2 Å². The monoisotopic (exact) mass is 256 g/mol. The number of benzene rings is 1. The number of nitrogens with zero attached hydrogens (tertiary/aromatic N) is 4. The second-order valence-electron chi connectivity index (χ2n) is 4.31. The van der Waals surface area contributed by atoms with Crippen LogP contribution in [0.2, 0.25) is 0 Å². The van der Waals surface area contributed by atoms with Gasteiger partial charge >= 0.3 is 0 Å². The number of hydrogen-bond donors (Lipinski definition) is 0. The van der Waals surface area contributed by atoms with E-state index in [4.69, 9.17) is 5.26 Å². The number of anilines is 1. The molecule has 1 aromatic heterocycles. The molecule has 0 N–H and O–H groups in total. The third-order valence-corrected chi connectivity index (χ3v) is 2.80. The molecule has 0 atom stereocenters. The first-order chi connectivity index (χ1) is 9.10. The van der Waals surface area contributed by atoms with Crippen molar-refractivity contribution >= 4 is 5.82 Å². The van der Waals surface area contributed by atoms with Crippen LogP contribution in [0.5, 0.6) is 0 Å². The molecule has 5 heteroatoms. The van der Waals surface area contributed by atoms with Gasteiger partial charge in [0.15, 0.2) is 0 Å². The van der Waals surface area contributed by atoms with E-state index < -0.39 is 0 Å². The van der Waals surface area contributed by atoms with Crippen molar-refractivity contribution in [1.29, 1.82) is 5.26 Å². The smallest absolute Gasteiger partial charge is 0.145 e. The van der Waals surface area contributed by atoms with Gasteiger partial charge in [-0.3, -0.25) is 0 Å². The molecule has 0 spiro atoms. The van der Waals surface area contributed by atoms with Crippen molar-refractivity contribution in [3.63, 3.8) is 0 Å². The number of nitriles is 1. The van der Waals surface area contributed by atoms with E-state index in [-0.39, 0.29) is 5.82 Å². The van der Waals surface area contributed by atoms with Gasteiger partial charge in [0.05, 0.1) is 0 Å². The first kappa shape index (κ1) is 13.0. The van der Waals surface area contributed by atoms with E-state index in [0.717, 1.165) is 5.56 Å². The number of aromatic nitrogens is 2. The summed E-state index contributed by atoms with van der Waals surface area (Å²) >= 11 is 0. The zero-order chi connectivity index (χ0) is 13.8. The van der Waals surface area contributed by atoms with Crippen LogP contribution in [-0.4, -0.2) is 17.0 Å². The Bertz CT molecular complexity index is 634. The van der Waals surface area contributed by atoms with Crippen LogP contribution in [0.25, 0.3) is 0 Å². The molecule has 0 amide bonds. The first-order valence-corrected chi connectivity index (χ1v) is 5.78. The quantitative estimate of drug-likeness (QED) is 0.846. The molecule has 96 valence electrons. The average Bonchev–Trinajstić information content (AvgIpc) is 2.43. The number of halogens is 1. The summed E-state index contributed by atoms with van der Waals surface area (Å²) in [5, 5.41) is 8.80. The molecule has 0 aliphatic carbocycles. The van der Waals surface area contributed by atoms with Gasteiger partial charge in [0.2, 0.25) is 0 Å². The Morgan fingerprint density at radius 3 is 2.79 bits per heavy atom. The van der Waals surface area contributed by atoms with Crippen molar-refractivity contribution in [3.05, 3.63) is 53.2 Å². The van der Waals surface area contributed by atoms with E-state index in [9.17, 15) is 4.39 Å². The molecule has 2 rings (SSSR count). The molecule has 0 fully saturated rings. The van der Waals surface area contributed by atoms with E-state index in [1.54, 1.807) is 25.1 Å². The highest BCUT2D eigenvalue weighted by Crippen LogP contribution is 2.15. The van der Waals surface area contributed by atoms with Crippen molar-refractivity contribution in [2.75, 3.05) is 11.9 Å². The van der Waals surface area contributed by atoms with E-state index in [1.165, 1.54) is 12.4 Å². The predicted molar refractivity (Wildman–Crippen MR) is 70.0 cm³/mol. The van der Waals surface area contributed by atoms with E-state index in [0.29, 0.717) is 23.6 Å². The Kier molecular flexibility index (Phi) is 3.71. The summed E-state index contributed by atoms with van der Waals surface area (Å²) in [4.78, 5) is 9.82.